The molecule has 0 spiro atoms. The fourth-order valence-corrected chi connectivity index (χ4v) is 2.47. The van der Waals surface area contributed by atoms with E-state index in [4.69, 9.17) is 0 Å². The molecule has 0 bridgehead atoms. The maximum Gasteiger partial charge on any atom is 1.00 e. The number of nitrogens with one attached hydrogen (secondary N) is 1. The summed E-state index contributed by atoms with van der Waals surface area (Å²) in [6.07, 6.45) is 12.9. The van der Waals surface area contributed by atoms with Gasteiger partial charge in [0.1, 0.15) is 0 Å². The van der Waals surface area contributed by atoms with Crippen molar-refractivity contribution in [3.05, 3.63) is 0 Å². The van der Waals surface area contributed by atoms with E-state index in [0.717, 1.165) is 13.0 Å². The Labute approximate surface area is 153 Å². The molecule has 4 nitrogen and oxygen atoms in total. The summed E-state index contributed by atoms with van der Waals surface area (Å²) >= 11 is 0. The molecule has 0 aliphatic rings. The van der Waals surface area contributed by atoms with Crippen molar-refractivity contribution >= 4 is 10.1 Å². The summed E-state index contributed by atoms with van der Waals surface area (Å²) in [6, 6.07) is 0. The molecule has 1 N–H and O–H groups in total. The second-order valence-electron chi connectivity index (χ2n) is 5.69. The predicted octanol–water partition coefficient (Wildman–Crippen LogP) is 0.435. The minimum atomic E-state index is -4.13. The van der Waals surface area contributed by atoms with E-state index in [1.165, 1.54) is 64.7 Å². The molecule has 1 atom stereocenters. The molecule has 0 aromatic heterocycles. The Kier molecular flexibility index (Phi) is 18.1. The van der Waals surface area contributed by atoms with Crippen LogP contribution in [0.4, 0.5) is 0 Å². The van der Waals surface area contributed by atoms with Gasteiger partial charge in [-0.05, 0) is 19.9 Å². The standard InChI is InChI=1S/C15H33NO3S.Na/c1-3-4-5-6-7-8-9-10-11-12-13-16-14-15(2)20(17,18)19;/h15-16H,3-14H2,1-2H3,(H,17,18,19);/q;+1/p-1. The van der Waals surface area contributed by atoms with Crippen molar-refractivity contribution in [2.24, 2.45) is 0 Å². The minimum Gasteiger partial charge on any atom is -0.748 e. The first kappa shape index (κ1) is 24.1. The van der Waals surface area contributed by atoms with Gasteiger partial charge >= 0.3 is 29.6 Å². The van der Waals surface area contributed by atoms with Crippen LogP contribution in [0.3, 0.4) is 0 Å². The van der Waals surface area contributed by atoms with Crippen molar-refractivity contribution in [1.82, 2.24) is 5.32 Å². The molecule has 0 aromatic rings. The van der Waals surface area contributed by atoms with Gasteiger partial charge in [-0.2, -0.15) is 0 Å². The van der Waals surface area contributed by atoms with E-state index in [9.17, 15) is 13.0 Å². The van der Waals surface area contributed by atoms with Crippen LogP contribution in [0.2, 0.25) is 0 Å². The Morgan fingerprint density at radius 1 is 0.905 bits per heavy atom. The minimum absolute atomic E-state index is 0. The smallest absolute Gasteiger partial charge is 0.748 e. The van der Waals surface area contributed by atoms with Crippen LogP contribution in [0.25, 0.3) is 0 Å². The molecule has 0 saturated carbocycles. The molecule has 0 rings (SSSR count). The fraction of sp³-hybridized carbons (Fsp3) is 1.00. The molecule has 0 aromatic carbocycles. The number of unbranched alkanes of at least 4 members (excludes halogenated alkanes) is 9. The van der Waals surface area contributed by atoms with Gasteiger partial charge in [-0.15, -0.1) is 0 Å². The molecule has 0 amide bonds. The Bertz CT molecular complexity index is 310. The third kappa shape index (κ3) is 17.1. The molecule has 0 saturated heterocycles. The summed E-state index contributed by atoms with van der Waals surface area (Å²) in [6.45, 7) is 4.76. The van der Waals surface area contributed by atoms with Crippen LogP contribution in [0.15, 0.2) is 0 Å². The average Bonchev–Trinajstić information content (AvgIpc) is 2.38. The van der Waals surface area contributed by atoms with Gasteiger partial charge in [-0.25, -0.2) is 8.42 Å². The van der Waals surface area contributed by atoms with Gasteiger partial charge in [-0.3, -0.25) is 0 Å². The fourth-order valence-electron chi connectivity index (χ4n) is 2.14. The summed E-state index contributed by atoms with van der Waals surface area (Å²) in [5, 5.41) is 2.21. The summed E-state index contributed by atoms with van der Waals surface area (Å²) in [7, 11) is -4.13. The van der Waals surface area contributed by atoms with Crippen LogP contribution in [0.1, 0.15) is 78.1 Å². The molecule has 0 fully saturated rings. The molecule has 0 aliphatic carbocycles. The van der Waals surface area contributed by atoms with E-state index in [1.807, 2.05) is 0 Å². The van der Waals surface area contributed by atoms with Crippen LogP contribution in [0, 0.1) is 0 Å². The Hall–Kier alpha value is 0.870. The van der Waals surface area contributed by atoms with Crippen LogP contribution in [-0.4, -0.2) is 31.3 Å². The molecule has 122 valence electrons. The third-order valence-electron chi connectivity index (χ3n) is 3.63. The molecule has 6 heteroatoms. The second-order valence-corrected chi connectivity index (χ2v) is 7.48. The predicted molar refractivity (Wildman–Crippen MR) is 83.9 cm³/mol. The summed E-state index contributed by atoms with van der Waals surface area (Å²) in [5.74, 6) is 0. The van der Waals surface area contributed by atoms with Crippen LogP contribution < -0.4 is 34.9 Å². The zero-order chi connectivity index (χ0) is 15.3. The monoisotopic (exact) mass is 329 g/mol. The zero-order valence-electron chi connectivity index (χ0n) is 14.2. The van der Waals surface area contributed by atoms with E-state index >= 15 is 0 Å². The first-order chi connectivity index (χ1) is 9.48. The summed E-state index contributed by atoms with van der Waals surface area (Å²) in [4.78, 5) is 0. The maximum absolute atomic E-state index is 10.7. The number of hydrogen-bond acceptors (Lipinski definition) is 4. The summed E-state index contributed by atoms with van der Waals surface area (Å²) < 4.78 is 32.0. The van der Waals surface area contributed by atoms with Crippen LogP contribution in [0.5, 0.6) is 0 Å². The maximum atomic E-state index is 10.7. The van der Waals surface area contributed by atoms with Gasteiger partial charge in [0.05, 0.1) is 15.4 Å². The molecular formula is C15H32NNaO3S. The first-order valence-electron chi connectivity index (χ1n) is 8.14. The van der Waals surface area contributed by atoms with E-state index in [1.54, 1.807) is 0 Å². The van der Waals surface area contributed by atoms with Crippen molar-refractivity contribution in [2.75, 3.05) is 13.1 Å². The van der Waals surface area contributed by atoms with E-state index in [-0.39, 0.29) is 36.1 Å². The topological polar surface area (TPSA) is 69.2 Å². The van der Waals surface area contributed by atoms with Gasteiger partial charge in [0, 0.05) is 6.54 Å². The quantitative estimate of drug-likeness (QED) is 0.285. The number of hydrogen-bond donors (Lipinski definition) is 1. The van der Waals surface area contributed by atoms with Crippen molar-refractivity contribution in [3.63, 3.8) is 0 Å². The third-order valence-corrected chi connectivity index (χ3v) is 4.78. The normalized spacial score (nSPS) is 12.9. The van der Waals surface area contributed by atoms with E-state index < -0.39 is 15.4 Å². The van der Waals surface area contributed by atoms with Crippen molar-refractivity contribution in [3.8, 4) is 0 Å². The van der Waals surface area contributed by atoms with Gasteiger partial charge < -0.3 is 9.87 Å². The molecule has 0 aliphatic heterocycles. The molecule has 21 heavy (non-hydrogen) atoms. The van der Waals surface area contributed by atoms with Crippen LogP contribution >= 0.6 is 0 Å². The largest absolute Gasteiger partial charge is 1.00 e. The molecular weight excluding hydrogens is 297 g/mol. The molecule has 1 unspecified atom stereocenters. The Morgan fingerprint density at radius 3 is 1.76 bits per heavy atom. The van der Waals surface area contributed by atoms with Crippen molar-refractivity contribution < 1.29 is 42.5 Å². The second kappa shape index (κ2) is 15.8. The van der Waals surface area contributed by atoms with Gasteiger partial charge in [0.15, 0.2) is 0 Å². The van der Waals surface area contributed by atoms with E-state index in [0.29, 0.717) is 0 Å². The van der Waals surface area contributed by atoms with Gasteiger partial charge in [0.2, 0.25) is 0 Å². The van der Waals surface area contributed by atoms with Crippen molar-refractivity contribution in [1.29, 1.82) is 0 Å². The Balaban J connectivity index is 0. The number of rotatable bonds is 14. The molecule has 0 heterocycles. The average molecular weight is 329 g/mol. The van der Waals surface area contributed by atoms with Crippen LogP contribution in [-0.2, 0) is 10.1 Å². The molecule has 0 radical (unpaired) electrons. The van der Waals surface area contributed by atoms with Crippen molar-refractivity contribution in [2.45, 2.75) is 83.3 Å². The van der Waals surface area contributed by atoms with Gasteiger partial charge in [-0.1, -0.05) is 64.7 Å². The van der Waals surface area contributed by atoms with E-state index in [2.05, 4.69) is 12.2 Å². The Morgan fingerprint density at radius 2 is 1.33 bits per heavy atom. The SMILES string of the molecule is CCCCCCCCCCCCNCC(C)S(=O)(=O)[O-].[Na+]. The zero-order valence-corrected chi connectivity index (χ0v) is 17.0. The van der Waals surface area contributed by atoms with Gasteiger partial charge in [0.25, 0.3) is 0 Å². The first-order valence-corrected chi connectivity index (χ1v) is 9.61. The summed E-state index contributed by atoms with van der Waals surface area (Å²) in [5.41, 5.74) is 0.